The molecule has 0 fully saturated rings. The minimum absolute atomic E-state index is 0.0246. The first-order valence-corrected chi connectivity index (χ1v) is 8.47. The summed E-state index contributed by atoms with van der Waals surface area (Å²) in [6.07, 6.45) is 0. The average Bonchev–Trinajstić information content (AvgIpc) is 2.93. The molecule has 5 nitrogen and oxygen atoms in total. The van der Waals surface area contributed by atoms with Crippen LogP contribution in [-0.4, -0.2) is 22.9 Å². The zero-order valence-electron chi connectivity index (χ0n) is 14.8. The van der Waals surface area contributed by atoms with Gasteiger partial charge in [0, 0.05) is 31.2 Å². The Bertz CT molecular complexity index is 928. The first kappa shape index (κ1) is 17.3. The first-order chi connectivity index (χ1) is 11.9. The third kappa shape index (κ3) is 3.46. The van der Waals surface area contributed by atoms with Crippen molar-refractivity contribution in [3.63, 3.8) is 0 Å². The number of carbonyl (C=O) groups excluding carboxylic acids is 1. The van der Waals surface area contributed by atoms with Gasteiger partial charge in [0.15, 0.2) is 0 Å². The molecule has 0 unspecified atom stereocenters. The number of fused-ring (bicyclic) bond motifs is 1. The topological polar surface area (TPSA) is 61.0 Å². The molecule has 0 spiro atoms. The molecular weight excluding hydrogens is 336 g/mol. The van der Waals surface area contributed by atoms with Crippen molar-refractivity contribution in [1.82, 2.24) is 9.97 Å². The quantitative estimate of drug-likeness (QED) is 0.727. The van der Waals surface area contributed by atoms with E-state index in [1.807, 2.05) is 44.2 Å². The van der Waals surface area contributed by atoms with Crippen molar-refractivity contribution < 1.29 is 4.79 Å². The Kier molecular flexibility index (Phi) is 4.68. The van der Waals surface area contributed by atoms with Crippen LogP contribution in [0.15, 0.2) is 30.3 Å². The molecule has 0 saturated carbocycles. The molecule has 0 saturated heterocycles. The monoisotopic (exact) mass is 356 g/mol. The van der Waals surface area contributed by atoms with Crippen LogP contribution < -0.4 is 10.2 Å². The van der Waals surface area contributed by atoms with Crippen LogP contribution in [-0.2, 0) is 11.3 Å². The van der Waals surface area contributed by atoms with Gasteiger partial charge in [-0.3, -0.25) is 4.79 Å². The molecule has 0 radical (unpaired) electrons. The van der Waals surface area contributed by atoms with E-state index in [4.69, 9.17) is 11.6 Å². The number of amides is 1. The maximum atomic E-state index is 11.7. The Hall–Kier alpha value is -2.53. The van der Waals surface area contributed by atoms with E-state index >= 15 is 0 Å². The summed E-state index contributed by atoms with van der Waals surface area (Å²) in [5.74, 6) is 0.804. The van der Waals surface area contributed by atoms with Crippen LogP contribution in [0.25, 0.3) is 11.0 Å². The van der Waals surface area contributed by atoms with Gasteiger partial charge < -0.3 is 15.2 Å². The lowest BCUT2D eigenvalue weighted by Crippen LogP contribution is -2.22. The molecule has 2 aromatic carbocycles. The predicted octanol–water partition coefficient (Wildman–Crippen LogP) is 4.43. The molecule has 130 valence electrons. The zero-order chi connectivity index (χ0) is 18.1. The van der Waals surface area contributed by atoms with E-state index in [1.165, 1.54) is 0 Å². The van der Waals surface area contributed by atoms with Gasteiger partial charge in [0.1, 0.15) is 11.3 Å². The number of H-pyrrole nitrogens is 1. The highest BCUT2D eigenvalue weighted by atomic mass is 35.5. The second-order valence-corrected chi connectivity index (χ2v) is 6.59. The van der Waals surface area contributed by atoms with Crippen molar-refractivity contribution in [2.45, 2.75) is 27.3 Å². The van der Waals surface area contributed by atoms with Crippen molar-refractivity contribution in [3.8, 4) is 0 Å². The highest BCUT2D eigenvalue weighted by Crippen LogP contribution is 2.30. The molecule has 0 atom stereocenters. The molecule has 6 heteroatoms. The molecule has 2 N–H and O–H groups in total. The number of carbonyl (C=O) groups is 1. The van der Waals surface area contributed by atoms with E-state index in [0.29, 0.717) is 6.54 Å². The van der Waals surface area contributed by atoms with Gasteiger partial charge >= 0.3 is 0 Å². The van der Waals surface area contributed by atoms with Gasteiger partial charge in [-0.05, 0) is 43.2 Å². The number of anilines is 2. The van der Waals surface area contributed by atoms with Crippen molar-refractivity contribution in [2.75, 3.05) is 17.3 Å². The summed E-state index contributed by atoms with van der Waals surface area (Å²) in [6.45, 7) is 6.08. The molecule has 1 aromatic heterocycles. The Balaban J connectivity index is 2.00. The van der Waals surface area contributed by atoms with Crippen molar-refractivity contribution in [3.05, 3.63) is 52.3 Å². The first-order valence-electron chi connectivity index (χ1n) is 8.09. The fraction of sp³-hybridized carbons (Fsp3) is 0.263. The standard InChI is InChI=1S/C19H21ClN4O/c1-11-6-5-7-16(20)15(11)10-21-17-8-14(24(4)13(3)25)9-18-19(17)23-12(2)22-18/h5-9,21H,10H2,1-4H3,(H,22,23). The number of hydrogen-bond donors (Lipinski definition) is 2. The second-order valence-electron chi connectivity index (χ2n) is 6.18. The van der Waals surface area contributed by atoms with E-state index < -0.39 is 0 Å². The highest BCUT2D eigenvalue weighted by Gasteiger charge is 2.13. The van der Waals surface area contributed by atoms with Crippen molar-refractivity contribution >= 4 is 39.9 Å². The maximum absolute atomic E-state index is 11.7. The fourth-order valence-electron chi connectivity index (χ4n) is 2.81. The van der Waals surface area contributed by atoms with Crippen molar-refractivity contribution in [1.29, 1.82) is 0 Å². The van der Waals surface area contributed by atoms with E-state index in [0.717, 1.165) is 44.4 Å². The number of aryl methyl sites for hydroxylation is 2. The molecule has 0 aliphatic heterocycles. The summed E-state index contributed by atoms with van der Waals surface area (Å²) in [4.78, 5) is 21.1. The molecule has 3 aromatic rings. The van der Waals surface area contributed by atoms with Gasteiger partial charge in [0.25, 0.3) is 0 Å². The fourth-order valence-corrected chi connectivity index (χ4v) is 3.10. The minimum atomic E-state index is -0.0246. The number of rotatable bonds is 4. The largest absolute Gasteiger partial charge is 0.379 e. The van der Waals surface area contributed by atoms with E-state index in [1.54, 1.807) is 18.9 Å². The summed E-state index contributed by atoms with van der Waals surface area (Å²) in [5, 5.41) is 4.16. The van der Waals surface area contributed by atoms with Gasteiger partial charge in [-0.15, -0.1) is 0 Å². The molecule has 3 rings (SSSR count). The third-order valence-electron chi connectivity index (χ3n) is 4.36. The van der Waals surface area contributed by atoms with E-state index in [9.17, 15) is 4.79 Å². The van der Waals surface area contributed by atoms with Crippen molar-refractivity contribution in [2.24, 2.45) is 0 Å². The SMILES string of the molecule is CC(=O)N(C)c1cc(NCc2c(C)cccc2Cl)c2nc(C)[nH]c2c1. The van der Waals surface area contributed by atoms with Crippen LogP contribution in [0.4, 0.5) is 11.4 Å². The number of aromatic amines is 1. The lowest BCUT2D eigenvalue weighted by atomic mass is 10.1. The molecule has 1 amide bonds. The summed E-state index contributed by atoms with van der Waals surface area (Å²) in [6, 6.07) is 9.74. The van der Waals surface area contributed by atoms with Gasteiger partial charge in [-0.25, -0.2) is 4.98 Å². The van der Waals surface area contributed by atoms with Gasteiger partial charge in [0.2, 0.25) is 5.91 Å². The predicted molar refractivity (Wildman–Crippen MR) is 103 cm³/mol. The minimum Gasteiger partial charge on any atom is -0.379 e. The number of nitrogens with zero attached hydrogens (tertiary/aromatic N) is 2. The Morgan fingerprint density at radius 1 is 1.32 bits per heavy atom. The number of nitrogens with one attached hydrogen (secondary N) is 2. The van der Waals surface area contributed by atoms with Crippen LogP contribution in [0.2, 0.25) is 5.02 Å². The lowest BCUT2D eigenvalue weighted by Gasteiger charge is -2.17. The smallest absolute Gasteiger partial charge is 0.223 e. The van der Waals surface area contributed by atoms with Gasteiger partial charge in [0.05, 0.1) is 11.2 Å². The highest BCUT2D eigenvalue weighted by molar-refractivity contribution is 6.31. The molecule has 0 bridgehead atoms. The molecule has 1 heterocycles. The van der Waals surface area contributed by atoms with Crippen LogP contribution in [0.1, 0.15) is 23.9 Å². The third-order valence-corrected chi connectivity index (χ3v) is 4.71. The Morgan fingerprint density at radius 2 is 2.08 bits per heavy atom. The van der Waals surface area contributed by atoms with Crippen LogP contribution >= 0.6 is 11.6 Å². The Labute approximate surface area is 152 Å². The van der Waals surface area contributed by atoms with Crippen LogP contribution in [0.3, 0.4) is 0 Å². The van der Waals surface area contributed by atoms with E-state index in [2.05, 4.69) is 15.3 Å². The number of hydrogen-bond acceptors (Lipinski definition) is 3. The second kappa shape index (κ2) is 6.76. The van der Waals surface area contributed by atoms with E-state index in [-0.39, 0.29) is 5.91 Å². The normalized spacial score (nSPS) is 10.9. The average molecular weight is 357 g/mol. The lowest BCUT2D eigenvalue weighted by molar-refractivity contribution is -0.116. The number of benzene rings is 2. The van der Waals surface area contributed by atoms with Crippen LogP contribution in [0.5, 0.6) is 0 Å². The van der Waals surface area contributed by atoms with Gasteiger partial charge in [-0.1, -0.05) is 23.7 Å². The summed E-state index contributed by atoms with van der Waals surface area (Å²) < 4.78 is 0. The Morgan fingerprint density at radius 3 is 2.76 bits per heavy atom. The van der Waals surface area contributed by atoms with Gasteiger partial charge in [-0.2, -0.15) is 0 Å². The number of halogens is 1. The molecular formula is C19H21ClN4O. The summed E-state index contributed by atoms with van der Waals surface area (Å²) in [7, 11) is 1.76. The molecule has 25 heavy (non-hydrogen) atoms. The maximum Gasteiger partial charge on any atom is 0.223 e. The molecule has 0 aliphatic carbocycles. The molecule has 0 aliphatic rings. The number of imidazole rings is 1. The summed E-state index contributed by atoms with van der Waals surface area (Å²) in [5.41, 5.74) is 5.59. The summed E-state index contributed by atoms with van der Waals surface area (Å²) >= 11 is 6.33. The number of aromatic nitrogens is 2. The zero-order valence-corrected chi connectivity index (χ0v) is 15.5. The van der Waals surface area contributed by atoms with Crippen LogP contribution in [0, 0.1) is 13.8 Å².